The van der Waals surface area contributed by atoms with Crippen molar-refractivity contribution in [1.82, 2.24) is 0 Å². The van der Waals surface area contributed by atoms with Gasteiger partial charge in [0.15, 0.2) is 5.78 Å². The molecule has 0 saturated heterocycles. The largest absolute Gasteiger partial charge is 0.330 e. The normalized spacial score (nSPS) is 33.3. The summed E-state index contributed by atoms with van der Waals surface area (Å²) >= 11 is 0. The maximum atomic E-state index is 12.3. The first-order chi connectivity index (χ1) is 10.8. The number of ketones is 1. The van der Waals surface area contributed by atoms with Gasteiger partial charge in [0.25, 0.3) is 0 Å². The summed E-state index contributed by atoms with van der Waals surface area (Å²) in [4.78, 5) is 12.3. The predicted molar refractivity (Wildman–Crippen MR) is 92.0 cm³/mol. The van der Waals surface area contributed by atoms with Gasteiger partial charge < -0.3 is 5.73 Å². The molecule has 23 heavy (non-hydrogen) atoms. The van der Waals surface area contributed by atoms with E-state index >= 15 is 0 Å². The monoisotopic (exact) mass is 310 g/mol. The number of carbonyl (C=O) groups is 1. The van der Waals surface area contributed by atoms with Gasteiger partial charge in [-0.2, -0.15) is 5.26 Å². The Labute approximate surface area is 139 Å². The highest BCUT2D eigenvalue weighted by Crippen LogP contribution is 2.59. The standard InChI is InChI=1S/C20H26N2O/c1-5-20-9-7-16(14(2)3)19(4,8-6-10-21)18(20)11-17(23)15(12-20)13-22/h1,11-12,14,16H,6-10,21H2,2-4H3/t16-,19-,20-/m0/s1. The third-order valence-electron chi connectivity index (χ3n) is 5.78. The second kappa shape index (κ2) is 6.34. The molecule has 3 heteroatoms. The van der Waals surface area contributed by atoms with Gasteiger partial charge in [-0.3, -0.25) is 4.79 Å². The molecule has 1 saturated carbocycles. The Balaban J connectivity index is 2.59. The molecule has 2 N–H and O–H groups in total. The summed E-state index contributed by atoms with van der Waals surface area (Å²) < 4.78 is 0. The number of hydrogen-bond acceptors (Lipinski definition) is 3. The van der Waals surface area contributed by atoms with Crippen LogP contribution in [0.5, 0.6) is 0 Å². The minimum Gasteiger partial charge on any atom is -0.330 e. The highest BCUT2D eigenvalue weighted by molar-refractivity contribution is 6.09. The summed E-state index contributed by atoms with van der Waals surface area (Å²) in [5, 5.41) is 9.22. The Kier molecular flexibility index (Phi) is 4.83. The zero-order valence-corrected chi connectivity index (χ0v) is 14.4. The molecular formula is C20H26N2O. The van der Waals surface area contributed by atoms with Gasteiger partial charge in [-0.15, -0.1) is 6.42 Å². The Bertz CT molecular complexity index is 644. The van der Waals surface area contributed by atoms with E-state index in [1.807, 2.05) is 6.07 Å². The molecule has 0 aromatic rings. The van der Waals surface area contributed by atoms with Crippen molar-refractivity contribution in [3.63, 3.8) is 0 Å². The van der Waals surface area contributed by atoms with E-state index < -0.39 is 5.41 Å². The van der Waals surface area contributed by atoms with Gasteiger partial charge in [-0.1, -0.05) is 26.7 Å². The van der Waals surface area contributed by atoms with Crippen molar-refractivity contribution < 1.29 is 4.79 Å². The van der Waals surface area contributed by atoms with Crippen LogP contribution in [0.25, 0.3) is 0 Å². The molecule has 3 atom stereocenters. The predicted octanol–water partition coefficient (Wildman–Crippen LogP) is 3.38. The van der Waals surface area contributed by atoms with Crippen molar-refractivity contribution in [2.45, 2.75) is 46.5 Å². The van der Waals surface area contributed by atoms with E-state index in [1.165, 1.54) is 0 Å². The molecular weight excluding hydrogens is 284 g/mol. The molecule has 0 heterocycles. The molecule has 3 nitrogen and oxygen atoms in total. The van der Waals surface area contributed by atoms with Crippen LogP contribution in [0.2, 0.25) is 0 Å². The van der Waals surface area contributed by atoms with Gasteiger partial charge in [0.2, 0.25) is 0 Å². The average molecular weight is 310 g/mol. The van der Waals surface area contributed by atoms with Crippen molar-refractivity contribution >= 4 is 5.78 Å². The maximum Gasteiger partial charge on any atom is 0.196 e. The lowest BCUT2D eigenvalue weighted by Gasteiger charge is -2.53. The minimum absolute atomic E-state index is 0.148. The van der Waals surface area contributed by atoms with Gasteiger partial charge >= 0.3 is 0 Å². The van der Waals surface area contributed by atoms with E-state index in [-0.39, 0.29) is 16.8 Å². The Hall–Kier alpha value is -1.84. The number of nitrogens with zero attached hydrogens (tertiary/aromatic N) is 1. The Morgan fingerprint density at radius 1 is 1.52 bits per heavy atom. The van der Waals surface area contributed by atoms with Crippen LogP contribution in [0.15, 0.2) is 23.3 Å². The van der Waals surface area contributed by atoms with Gasteiger partial charge in [0.05, 0.1) is 11.0 Å². The molecule has 0 bridgehead atoms. The van der Waals surface area contributed by atoms with E-state index in [1.54, 1.807) is 12.2 Å². The quantitative estimate of drug-likeness (QED) is 0.809. The summed E-state index contributed by atoms with van der Waals surface area (Å²) in [6.07, 6.45) is 12.9. The van der Waals surface area contributed by atoms with Crippen LogP contribution in [0.1, 0.15) is 46.5 Å². The summed E-state index contributed by atoms with van der Waals surface area (Å²) in [6.45, 7) is 7.32. The first kappa shape index (κ1) is 17.5. The van der Waals surface area contributed by atoms with Crippen LogP contribution in [0.4, 0.5) is 0 Å². The van der Waals surface area contributed by atoms with Gasteiger partial charge in [-0.05, 0) is 67.2 Å². The number of nitrogens with two attached hydrogens (primary N) is 1. The molecule has 0 amide bonds. The molecule has 1 fully saturated rings. The molecule has 2 aliphatic rings. The van der Waals surface area contributed by atoms with Crippen LogP contribution in [-0.2, 0) is 4.79 Å². The number of fused-ring (bicyclic) bond motifs is 1. The molecule has 122 valence electrons. The van der Waals surface area contributed by atoms with Crippen molar-refractivity contribution in [3.8, 4) is 18.4 Å². The first-order valence-electron chi connectivity index (χ1n) is 8.42. The van der Waals surface area contributed by atoms with Crippen LogP contribution in [0.3, 0.4) is 0 Å². The molecule has 0 aliphatic heterocycles. The number of allylic oxidation sites excluding steroid dienone is 4. The van der Waals surface area contributed by atoms with E-state index in [9.17, 15) is 10.1 Å². The van der Waals surface area contributed by atoms with Crippen molar-refractivity contribution in [3.05, 3.63) is 23.3 Å². The second-order valence-electron chi connectivity index (χ2n) is 7.41. The lowest BCUT2D eigenvalue weighted by molar-refractivity contribution is -0.111. The molecule has 2 rings (SSSR count). The zero-order chi connectivity index (χ0) is 17.3. The van der Waals surface area contributed by atoms with Crippen molar-refractivity contribution in [2.24, 2.45) is 28.4 Å². The van der Waals surface area contributed by atoms with E-state index in [0.29, 0.717) is 18.4 Å². The molecule has 0 aromatic carbocycles. The van der Waals surface area contributed by atoms with Crippen LogP contribution in [-0.4, -0.2) is 12.3 Å². The molecule has 2 aliphatic carbocycles. The summed E-state index contributed by atoms with van der Waals surface area (Å²) in [6, 6.07) is 2.00. The Morgan fingerprint density at radius 2 is 2.22 bits per heavy atom. The molecule has 0 unspecified atom stereocenters. The van der Waals surface area contributed by atoms with E-state index in [4.69, 9.17) is 12.2 Å². The fourth-order valence-electron chi connectivity index (χ4n) is 4.65. The highest BCUT2D eigenvalue weighted by atomic mass is 16.1. The lowest BCUT2D eigenvalue weighted by atomic mass is 9.50. The van der Waals surface area contributed by atoms with Crippen LogP contribution >= 0.6 is 0 Å². The van der Waals surface area contributed by atoms with Gasteiger partial charge in [0, 0.05) is 0 Å². The SMILES string of the molecule is C#C[C@]12C=C(C#N)C(=O)C=C1[C@@](C)(CCCN)[C@H](C(C)C)CC2. The van der Waals surface area contributed by atoms with E-state index in [2.05, 4.69) is 26.7 Å². The van der Waals surface area contributed by atoms with Crippen LogP contribution in [0, 0.1) is 46.3 Å². The lowest BCUT2D eigenvalue weighted by Crippen LogP contribution is -2.46. The van der Waals surface area contributed by atoms with Gasteiger partial charge in [0.1, 0.15) is 6.07 Å². The Morgan fingerprint density at radius 3 is 2.74 bits per heavy atom. The zero-order valence-electron chi connectivity index (χ0n) is 14.4. The topological polar surface area (TPSA) is 66.9 Å². The third-order valence-corrected chi connectivity index (χ3v) is 5.78. The number of terminal acetylenes is 1. The second-order valence-corrected chi connectivity index (χ2v) is 7.41. The first-order valence-corrected chi connectivity index (χ1v) is 8.42. The number of carbonyl (C=O) groups excluding carboxylic acids is 1. The fraction of sp³-hybridized carbons (Fsp3) is 0.600. The van der Waals surface area contributed by atoms with Crippen molar-refractivity contribution in [1.29, 1.82) is 5.26 Å². The number of hydrogen-bond donors (Lipinski definition) is 1. The minimum atomic E-state index is -0.590. The smallest absolute Gasteiger partial charge is 0.196 e. The number of rotatable bonds is 4. The van der Waals surface area contributed by atoms with Crippen LogP contribution < -0.4 is 5.73 Å². The average Bonchev–Trinajstić information content (AvgIpc) is 2.53. The summed E-state index contributed by atoms with van der Waals surface area (Å²) in [5.74, 6) is 3.67. The highest BCUT2D eigenvalue weighted by Gasteiger charge is 2.52. The molecule has 0 radical (unpaired) electrons. The maximum absolute atomic E-state index is 12.3. The third kappa shape index (κ3) is 2.75. The van der Waals surface area contributed by atoms with Crippen molar-refractivity contribution in [2.75, 3.05) is 6.54 Å². The molecule has 0 spiro atoms. The van der Waals surface area contributed by atoms with E-state index in [0.717, 1.165) is 31.3 Å². The molecule has 0 aromatic heterocycles. The van der Waals surface area contributed by atoms with Gasteiger partial charge in [-0.25, -0.2) is 0 Å². The number of nitriles is 1. The summed E-state index contributed by atoms with van der Waals surface area (Å²) in [5.41, 5.74) is 6.21. The summed E-state index contributed by atoms with van der Waals surface area (Å²) in [7, 11) is 0. The fourth-order valence-corrected chi connectivity index (χ4v) is 4.65.